The molecular formula is C17H19N3O5. The number of nitrogens with one attached hydrogen (secondary N) is 1. The number of aryl methyl sites for hydroxylation is 1. The number of anilines is 1. The molecule has 25 heavy (non-hydrogen) atoms. The van der Waals surface area contributed by atoms with Crippen molar-refractivity contribution in [3.05, 3.63) is 46.5 Å². The zero-order valence-electron chi connectivity index (χ0n) is 14.2. The molecule has 1 N–H and O–H groups in total. The minimum absolute atomic E-state index is 0.114. The van der Waals surface area contributed by atoms with E-state index in [4.69, 9.17) is 9.47 Å². The van der Waals surface area contributed by atoms with Gasteiger partial charge in [-0.05, 0) is 26.0 Å². The average molecular weight is 345 g/mol. The molecule has 0 aliphatic carbocycles. The number of carbonyl (C=O) groups excluding carboxylic acids is 2. The Hall–Kier alpha value is -3.16. The van der Waals surface area contributed by atoms with Crippen molar-refractivity contribution in [2.45, 2.75) is 13.8 Å². The number of hydrogen-bond donors (Lipinski definition) is 1. The molecule has 0 aliphatic heterocycles. The maximum atomic E-state index is 12.0. The fourth-order valence-corrected chi connectivity index (χ4v) is 2.17. The molecule has 2 rings (SSSR count). The Morgan fingerprint density at radius 1 is 1.16 bits per heavy atom. The van der Waals surface area contributed by atoms with E-state index in [-0.39, 0.29) is 24.6 Å². The van der Waals surface area contributed by atoms with Crippen LogP contribution < -0.4 is 11.0 Å². The van der Waals surface area contributed by atoms with Crippen LogP contribution in [0.25, 0.3) is 10.9 Å². The van der Waals surface area contributed by atoms with Gasteiger partial charge in [0.2, 0.25) is 0 Å². The molecule has 0 aliphatic rings. The van der Waals surface area contributed by atoms with Gasteiger partial charge in [0.15, 0.2) is 5.57 Å². The Labute approximate surface area is 144 Å². The lowest BCUT2D eigenvalue weighted by Crippen LogP contribution is -2.22. The van der Waals surface area contributed by atoms with Gasteiger partial charge in [-0.25, -0.2) is 14.4 Å². The zero-order valence-corrected chi connectivity index (χ0v) is 14.2. The smallest absolute Gasteiger partial charge is 0.349 e. The fourth-order valence-electron chi connectivity index (χ4n) is 2.17. The van der Waals surface area contributed by atoms with Gasteiger partial charge in [-0.2, -0.15) is 4.98 Å². The maximum absolute atomic E-state index is 12.0. The highest BCUT2D eigenvalue weighted by molar-refractivity contribution is 6.14. The van der Waals surface area contributed by atoms with Gasteiger partial charge in [-0.3, -0.25) is 4.57 Å². The van der Waals surface area contributed by atoms with Gasteiger partial charge in [-0.15, -0.1) is 0 Å². The maximum Gasteiger partial charge on any atom is 0.349 e. The monoisotopic (exact) mass is 345 g/mol. The highest BCUT2D eigenvalue weighted by Gasteiger charge is 2.21. The second-order valence-corrected chi connectivity index (χ2v) is 4.96. The molecule has 0 fully saturated rings. The summed E-state index contributed by atoms with van der Waals surface area (Å²) in [4.78, 5) is 39.8. The van der Waals surface area contributed by atoms with E-state index in [0.29, 0.717) is 10.9 Å². The summed E-state index contributed by atoms with van der Waals surface area (Å²) in [6.07, 6.45) is 1.14. The van der Waals surface area contributed by atoms with Gasteiger partial charge in [0, 0.05) is 18.6 Å². The quantitative estimate of drug-likeness (QED) is 0.365. The van der Waals surface area contributed by atoms with Gasteiger partial charge in [-0.1, -0.05) is 12.1 Å². The molecule has 8 heteroatoms. The second kappa shape index (κ2) is 8.09. The van der Waals surface area contributed by atoms with Gasteiger partial charge < -0.3 is 14.8 Å². The summed E-state index contributed by atoms with van der Waals surface area (Å²) in [5.41, 5.74) is -0.120. The molecule has 0 atom stereocenters. The van der Waals surface area contributed by atoms with Crippen LogP contribution >= 0.6 is 0 Å². The van der Waals surface area contributed by atoms with Crippen LogP contribution in [0.3, 0.4) is 0 Å². The van der Waals surface area contributed by atoms with Crippen molar-refractivity contribution in [2.24, 2.45) is 7.05 Å². The largest absolute Gasteiger partial charge is 0.462 e. The molecule has 0 spiro atoms. The molecule has 8 nitrogen and oxygen atoms in total. The van der Waals surface area contributed by atoms with E-state index >= 15 is 0 Å². The minimum Gasteiger partial charge on any atom is -0.462 e. The summed E-state index contributed by atoms with van der Waals surface area (Å²) >= 11 is 0. The Balaban J connectivity index is 2.45. The summed E-state index contributed by atoms with van der Waals surface area (Å²) in [6, 6.07) is 7.13. The van der Waals surface area contributed by atoms with E-state index in [1.807, 2.05) is 0 Å². The van der Waals surface area contributed by atoms with Gasteiger partial charge in [0.05, 0.1) is 18.7 Å². The second-order valence-electron chi connectivity index (χ2n) is 4.96. The molecule has 0 saturated carbocycles. The standard InChI is InChI=1S/C17H19N3O5/c1-4-24-15(21)12(16(22)25-5-2)10-18-14-11-8-6-7-9-13(11)20(3)17(23)19-14/h6-10H,4-5H2,1-3H3,(H,18,19,23). The number of nitrogens with zero attached hydrogens (tertiary/aromatic N) is 2. The number of carbonyl (C=O) groups is 2. The molecule has 0 unspecified atom stereocenters. The molecule has 1 aromatic heterocycles. The first kappa shape index (κ1) is 18.2. The molecule has 1 aromatic carbocycles. The number of aromatic nitrogens is 2. The Morgan fingerprint density at radius 2 is 1.76 bits per heavy atom. The summed E-state index contributed by atoms with van der Waals surface area (Å²) in [6.45, 7) is 3.49. The van der Waals surface area contributed by atoms with Gasteiger partial charge >= 0.3 is 17.6 Å². The first-order chi connectivity index (χ1) is 12.0. The van der Waals surface area contributed by atoms with Crippen LogP contribution in [0.2, 0.25) is 0 Å². The molecule has 0 radical (unpaired) electrons. The Bertz CT molecular complexity index is 865. The number of benzene rings is 1. The Kier molecular flexibility index (Phi) is 5.89. The lowest BCUT2D eigenvalue weighted by Gasteiger charge is -2.10. The lowest BCUT2D eigenvalue weighted by atomic mass is 10.2. The summed E-state index contributed by atoms with van der Waals surface area (Å²) in [5, 5.41) is 3.41. The van der Waals surface area contributed by atoms with E-state index in [1.54, 1.807) is 45.2 Å². The summed E-state index contributed by atoms with van der Waals surface area (Å²) in [5.74, 6) is -1.41. The number of esters is 2. The highest BCUT2D eigenvalue weighted by Crippen LogP contribution is 2.19. The average Bonchev–Trinajstić information content (AvgIpc) is 2.60. The normalized spacial score (nSPS) is 10.2. The van der Waals surface area contributed by atoms with Crippen molar-refractivity contribution in [2.75, 3.05) is 18.5 Å². The molecule has 0 bridgehead atoms. The van der Waals surface area contributed by atoms with Crippen LogP contribution in [0.4, 0.5) is 5.82 Å². The van der Waals surface area contributed by atoms with E-state index in [2.05, 4.69) is 10.3 Å². The number of hydrogen-bond acceptors (Lipinski definition) is 7. The van der Waals surface area contributed by atoms with E-state index in [0.717, 1.165) is 6.20 Å². The molecule has 132 valence electrons. The number of para-hydroxylation sites is 1. The number of fused-ring (bicyclic) bond motifs is 1. The first-order valence-electron chi connectivity index (χ1n) is 7.76. The third kappa shape index (κ3) is 4.03. The molecule has 0 saturated heterocycles. The topological polar surface area (TPSA) is 99.5 Å². The Morgan fingerprint density at radius 3 is 2.36 bits per heavy atom. The van der Waals surface area contributed by atoms with Crippen LogP contribution in [0, 0.1) is 0 Å². The summed E-state index contributed by atoms with van der Waals surface area (Å²) < 4.78 is 11.1. The van der Waals surface area contributed by atoms with Crippen LogP contribution in [0.5, 0.6) is 0 Å². The SMILES string of the molecule is CCOC(=O)C(=CNc1nc(=O)n(C)c2ccccc12)C(=O)OCC. The molecule has 2 aromatic rings. The first-order valence-corrected chi connectivity index (χ1v) is 7.76. The van der Waals surface area contributed by atoms with Crippen molar-refractivity contribution in [1.29, 1.82) is 0 Å². The zero-order chi connectivity index (χ0) is 18.4. The highest BCUT2D eigenvalue weighted by atomic mass is 16.6. The van der Waals surface area contributed by atoms with Gasteiger partial charge in [0.25, 0.3) is 0 Å². The predicted octanol–water partition coefficient (Wildman–Crippen LogP) is 1.36. The fraction of sp³-hybridized carbons (Fsp3) is 0.294. The van der Waals surface area contributed by atoms with E-state index in [1.165, 1.54) is 4.57 Å². The van der Waals surface area contributed by atoms with Crippen LogP contribution in [-0.4, -0.2) is 34.7 Å². The number of rotatable bonds is 6. The number of ether oxygens (including phenoxy) is 2. The minimum atomic E-state index is -0.818. The molecule has 0 amide bonds. The lowest BCUT2D eigenvalue weighted by molar-refractivity contribution is -0.146. The third-order valence-corrected chi connectivity index (χ3v) is 3.36. The van der Waals surface area contributed by atoms with Crippen LogP contribution in [0.15, 0.2) is 40.8 Å². The van der Waals surface area contributed by atoms with E-state index in [9.17, 15) is 14.4 Å². The predicted molar refractivity (Wildman–Crippen MR) is 92.0 cm³/mol. The van der Waals surface area contributed by atoms with Gasteiger partial charge in [0.1, 0.15) is 5.82 Å². The van der Waals surface area contributed by atoms with Crippen LogP contribution in [-0.2, 0) is 26.1 Å². The summed E-state index contributed by atoms with van der Waals surface area (Å²) in [7, 11) is 1.61. The van der Waals surface area contributed by atoms with E-state index < -0.39 is 17.6 Å². The third-order valence-electron chi connectivity index (χ3n) is 3.36. The van der Waals surface area contributed by atoms with Crippen molar-refractivity contribution in [3.8, 4) is 0 Å². The van der Waals surface area contributed by atoms with Crippen molar-refractivity contribution < 1.29 is 19.1 Å². The van der Waals surface area contributed by atoms with Crippen molar-refractivity contribution in [3.63, 3.8) is 0 Å². The molecular weight excluding hydrogens is 326 g/mol. The van der Waals surface area contributed by atoms with Crippen molar-refractivity contribution >= 4 is 28.7 Å². The van der Waals surface area contributed by atoms with Crippen LogP contribution in [0.1, 0.15) is 13.8 Å². The molecule has 1 heterocycles. The van der Waals surface area contributed by atoms with Crippen molar-refractivity contribution in [1.82, 2.24) is 9.55 Å².